The van der Waals surface area contributed by atoms with Crippen molar-refractivity contribution in [2.75, 3.05) is 0 Å². The van der Waals surface area contributed by atoms with E-state index in [4.69, 9.17) is 27.3 Å². The number of halogens is 4. The number of benzene rings is 2. The van der Waals surface area contributed by atoms with Crippen molar-refractivity contribution < 1.29 is 18.7 Å². The summed E-state index contributed by atoms with van der Waals surface area (Å²) in [6.07, 6.45) is 0. The molecule has 0 radical (unpaired) electrons. The highest BCUT2D eigenvalue weighted by Gasteiger charge is 2.16. The predicted octanol–water partition coefficient (Wildman–Crippen LogP) is 4.27. The lowest BCUT2D eigenvalue weighted by molar-refractivity contribution is 0.318. The van der Waals surface area contributed by atoms with Gasteiger partial charge >= 0.3 is 0 Å². The molecule has 0 saturated carbocycles. The van der Waals surface area contributed by atoms with Gasteiger partial charge in [0.25, 0.3) is 0 Å². The molecule has 0 saturated heterocycles. The van der Waals surface area contributed by atoms with E-state index in [1.807, 2.05) is 0 Å². The lowest BCUT2D eigenvalue weighted by Gasteiger charge is -2.11. The lowest BCUT2D eigenvalue weighted by Crippen LogP contribution is -2.14. The number of nitrogens with zero attached hydrogens (tertiary/aromatic N) is 1. The van der Waals surface area contributed by atoms with Crippen molar-refractivity contribution in [3.63, 3.8) is 0 Å². The molecule has 0 unspecified atom stereocenters. The fourth-order valence-corrected chi connectivity index (χ4v) is 2.28. The quantitative estimate of drug-likeness (QED) is 0.363. The second-order valence-corrected chi connectivity index (χ2v) is 5.10. The molecule has 0 aliphatic carbocycles. The van der Waals surface area contributed by atoms with Crippen molar-refractivity contribution in [1.82, 2.24) is 0 Å². The molecule has 0 aromatic heterocycles. The van der Waals surface area contributed by atoms with Crippen LogP contribution in [0.5, 0.6) is 11.5 Å². The second kappa shape index (κ2) is 6.28. The monoisotopic (exact) mass is 376 g/mol. The summed E-state index contributed by atoms with van der Waals surface area (Å²) in [6.45, 7) is 0. The lowest BCUT2D eigenvalue weighted by atomic mass is 10.2. The Kier molecular flexibility index (Phi) is 4.64. The summed E-state index contributed by atoms with van der Waals surface area (Å²) in [5.41, 5.74) is 5.57. The Labute approximate surface area is 131 Å². The largest absolute Gasteiger partial charge is 0.453 e. The van der Waals surface area contributed by atoms with Gasteiger partial charge in [-0.15, -0.1) is 0 Å². The van der Waals surface area contributed by atoms with Crippen LogP contribution in [0.2, 0.25) is 5.02 Å². The molecule has 3 N–H and O–H groups in total. The fraction of sp³-hybridized carbons (Fsp3) is 0. The fourth-order valence-electron chi connectivity index (χ4n) is 1.54. The van der Waals surface area contributed by atoms with Gasteiger partial charge in [-0.25, -0.2) is 8.78 Å². The molecule has 0 spiro atoms. The van der Waals surface area contributed by atoms with Crippen molar-refractivity contribution in [2.24, 2.45) is 10.9 Å². The summed E-state index contributed by atoms with van der Waals surface area (Å²) in [5.74, 6) is -1.60. The van der Waals surface area contributed by atoms with Crippen LogP contribution in [-0.4, -0.2) is 11.0 Å². The zero-order valence-corrected chi connectivity index (χ0v) is 12.6. The number of oxime groups is 1. The maximum atomic E-state index is 14.2. The Morgan fingerprint density at radius 3 is 2.52 bits per heavy atom. The van der Waals surface area contributed by atoms with Gasteiger partial charge in [-0.3, -0.25) is 0 Å². The highest BCUT2D eigenvalue weighted by molar-refractivity contribution is 9.10. The van der Waals surface area contributed by atoms with E-state index in [-0.39, 0.29) is 32.4 Å². The molecular formula is C13H8BrClF2N2O2. The first-order chi connectivity index (χ1) is 9.93. The molecule has 0 aliphatic heterocycles. The molecule has 0 fully saturated rings. The molecule has 2 aromatic rings. The number of nitrogens with two attached hydrogens (primary N) is 1. The van der Waals surface area contributed by atoms with Crippen LogP contribution < -0.4 is 10.5 Å². The number of ether oxygens (including phenoxy) is 1. The van der Waals surface area contributed by atoms with Crippen LogP contribution in [0.4, 0.5) is 8.78 Å². The molecule has 2 aromatic carbocycles. The third-order valence-corrected chi connectivity index (χ3v) is 3.62. The van der Waals surface area contributed by atoms with Crippen LogP contribution in [0.3, 0.4) is 0 Å². The van der Waals surface area contributed by atoms with Gasteiger partial charge in [0.15, 0.2) is 17.4 Å². The van der Waals surface area contributed by atoms with Gasteiger partial charge < -0.3 is 15.7 Å². The molecule has 21 heavy (non-hydrogen) atoms. The Morgan fingerprint density at radius 1 is 1.24 bits per heavy atom. The molecule has 0 amide bonds. The van der Waals surface area contributed by atoms with Crippen molar-refractivity contribution in [2.45, 2.75) is 0 Å². The van der Waals surface area contributed by atoms with Gasteiger partial charge in [0, 0.05) is 5.56 Å². The first-order valence-corrected chi connectivity index (χ1v) is 6.70. The maximum absolute atomic E-state index is 14.2. The molecule has 2 rings (SSSR count). The Bertz CT molecular complexity index is 726. The predicted molar refractivity (Wildman–Crippen MR) is 78.1 cm³/mol. The SMILES string of the molecule is N/C(=N/O)c1ccc(Oc2ccc(F)cc2Cl)c(F)c1Br. The number of amidine groups is 1. The number of hydrogen-bond acceptors (Lipinski definition) is 3. The Morgan fingerprint density at radius 2 is 1.90 bits per heavy atom. The first-order valence-electron chi connectivity index (χ1n) is 5.53. The van der Waals surface area contributed by atoms with E-state index in [9.17, 15) is 8.78 Å². The van der Waals surface area contributed by atoms with Crippen LogP contribution in [0, 0.1) is 11.6 Å². The summed E-state index contributed by atoms with van der Waals surface area (Å²) < 4.78 is 32.4. The average Bonchev–Trinajstić information content (AvgIpc) is 2.46. The Balaban J connectivity index is 2.40. The van der Waals surface area contributed by atoms with Crippen molar-refractivity contribution in [1.29, 1.82) is 0 Å². The molecule has 4 nitrogen and oxygen atoms in total. The summed E-state index contributed by atoms with van der Waals surface area (Å²) in [5, 5.41) is 11.4. The first kappa shape index (κ1) is 15.5. The van der Waals surface area contributed by atoms with E-state index < -0.39 is 11.6 Å². The van der Waals surface area contributed by atoms with E-state index in [0.717, 1.165) is 12.1 Å². The summed E-state index contributed by atoms with van der Waals surface area (Å²) in [4.78, 5) is 0. The summed E-state index contributed by atoms with van der Waals surface area (Å²) >= 11 is 8.80. The zero-order valence-electron chi connectivity index (χ0n) is 10.3. The van der Waals surface area contributed by atoms with Crippen LogP contribution in [-0.2, 0) is 0 Å². The highest BCUT2D eigenvalue weighted by Crippen LogP contribution is 2.34. The molecule has 0 atom stereocenters. The van der Waals surface area contributed by atoms with Crippen LogP contribution in [0.15, 0.2) is 40.0 Å². The third-order valence-electron chi connectivity index (χ3n) is 2.54. The molecule has 8 heteroatoms. The van der Waals surface area contributed by atoms with E-state index in [1.165, 1.54) is 18.2 Å². The van der Waals surface area contributed by atoms with E-state index in [2.05, 4.69) is 21.1 Å². The van der Waals surface area contributed by atoms with Gasteiger partial charge in [0.1, 0.15) is 11.6 Å². The van der Waals surface area contributed by atoms with Crippen molar-refractivity contribution in [3.8, 4) is 11.5 Å². The maximum Gasteiger partial charge on any atom is 0.180 e. The zero-order chi connectivity index (χ0) is 15.6. The molecule has 0 heterocycles. The topological polar surface area (TPSA) is 67.8 Å². The van der Waals surface area contributed by atoms with Gasteiger partial charge in [0.2, 0.25) is 0 Å². The number of hydrogen-bond donors (Lipinski definition) is 2. The minimum absolute atomic E-state index is 0.00559. The highest BCUT2D eigenvalue weighted by atomic mass is 79.9. The van der Waals surface area contributed by atoms with E-state index in [1.54, 1.807) is 0 Å². The van der Waals surface area contributed by atoms with Gasteiger partial charge in [-0.05, 0) is 46.3 Å². The van der Waals surface area contributed by atoms with Gasteiger partial charge in [0.05, 0.1) is 9.50 Å². The molecule has 0 aliphatic rings. The van der Waals surface area contributed by atoms with Crippen LogP contribution >= 0.6 is 27.5 Å². The van der Waals surface area contributed by atoms with Crippen LogP contribution in [0.1, 0.15) is 5.56 Å². The minimum atomic E-state index is -0.764. The molecule has 0 bridgehead atoms. The second-order valence-electron chi connectivity index (χ2n) is 3.90. The van der Waals surface area contributed by atoms with E-state index >= 15 is 0 Å². The van der Waals surface area contributed by atoms with Crippen molar-refractivity contribution >= 4 is 33.4 Å². The normalized spacial score (nSPS) is 11.5. The minimum Gasteiger partial charge on any atom is -0.453 e. The summed E-state index contributed by atoms with van der Waals surface area (Å²) in [7, 11) is 0. The number of rotatable bonds is 3. The smallest absolute Gasteiger partial charge is 0.180 e. The summed E-state index contributed by atoms with van der Waals surface area (Å²) in [6, 6.07) is 6.15. The van der Waals surface area contributed by atoms with Gasteiger partial charge in [-0.1, -0.05) is 16.8 Å². The van der Waals surface area contributed by atoms with Crippen molar-refractivity contribution in [3.05, 3.63) is 57.0 Å². The van der Waals surface area contributed by atoms with Crippen LogP contribution in [0.25, 0.3) is 0 Å². The average molecular weight is 378 g/mol. The molecule has 110 valence electrons. The Hall–Kier alpha value is -1.86. The van der Waals surface area contributed by atoms with E-state index in [0.29, 0.717) is 0 Å². The molecular weight excluding hydrogens is 370 g/mol. The van der Waals surface area contributed by atoms with Gasteiger partial charge in [-0.2, -0.15) is 0 Å². The standard InChI is InChI=1S/C13H8BrClF2N2O2/c14-11-7(13(18)19-20)2-4-10(12(11)17)21-9-3-1-6(16)5-8(9)15/h1-5,20H,(H2,18,19). The third kappa shape index (κ3) is 3.25.